The zero-order chi connectivity index (χ0) is 20.0. The van der Waals surface area contributed by atoms with Gasteiger partial charge in [-0.2, -0.15) is 26.3 Å². The van der Waals surface area contributed by atoms with Crippen molar-refractivity contribution in [3.63, 3.8) is 0 Å². The first-order chi connectivity index (χ1) is 12.4. The van der Waals surface area contributed by atoms with Crippen molar-refractivity contribution in [2.24, 2.45) is 0 Å². The first kappa shape index (κ1) is 19.2. The van der Waals surface area contributed by atoms with Crippen LogP contribution in [-0.2, 0) is 12.4 Å². The summed E-state index contributed by atoms with van der Waals surface area (Å²) in [6.45, 7) is 1.85. The molecule has 0 bridgehead atoms. The van der Waals surface area contributed by atoms with Gasteiger partial charge in [-0.1, -0.05) is 17.4 Å². The number of halogens is 6. The molecule has 142 valence electrons. The van der Waals surface area contributed by atoms with E-state index in [1.165, 1.54) is 0 Å². The lowest BCUT2D eigenvalue weighted by Crippen LogP contribution is -2.17. The molecular formula is C17H10F6N2OS. The van der Waals surface area contributed by atoms with Crippen LogP contribution in [0.5, 0.6) is 0 Å². The monoisotopic (exact) mass is 404 g/mol. The van der Waals surface area contributed by atoms with Gasteiger partial charge in [-0.3, -0.25) is 10.1 Å². The van der Waals surface area contributed by atoms with Crippen LogP contribution >= 0.6 is 11.3 Å². The maximum atomic E-state index is 12.9. The Kier molecular flexibility index (Phi) is 4.62. The van der Waals surface area contributed by atoms with E-state index in [1.807, 2.05) is 6.92 Å². The minimum atomic E-state index is -5.02. The fourth-order valence-corrected chi connectivity index (χ4v) is 3.30. The molecule has 1 aromatic heterocycles. The molecular weight excluding hydrogens is 394 g/mol. The summed E-state index contributed by atoms with van der Waals surface area (Å²) in [6, 6.07) is 6.01. The average Bonchev–Trinajstić information content (AvgIpc) is 2.94. The Balaban J connectivity index is 1.97. The van der Waals surface area contributed by atoms with E-state index in [0.717, 1.165) is 21.6 Å². The van der Waals surface area contributed by atoms with Crippen LogP contribution in [0.1, 0.15) is 27.0 Å². The van der Waals surface area contributed by atoms with E-state index in [9.17, 15) is 31.1 Å². The van der Waals surface area contributed by atoms with Gasteiger partial charge in [0, 0.05) is 5.56 Å². The molecule has 0 radical (unpaired) electrons. The Bertz CT molecular complexity index is 990. The van der Waals surface area contributed by atoms with Gasteiger partial charge in [0.2, 0.25) is 0 Å². The molecule has 0 spiro atoms. The fourth-order valence-electron chi connectivity index (χ4n) is 2.34. The SMILES string of the molecule is Cc1ccc2nc(NC(=O)c3cc(C(F)(F)F)cc(C(F)(F)F)c3)sc2c1. The lowest BCUT2D eigenvalue weighted by molar-refractivity contribution is -0.143. The van der Waals surface area contributed by atoms with E-state index in [4.69, 9.17) is 0 Å². The van der Waals surface area contributed by atoms with Crippen molar-refractivity contribution < 1.29 is 31.1 Å². The number of carbonyl (C=O) groups is 1. The molecule has 2 aromatic carbocycles. The zero-order valence-electron chi connectivity index (χ0n) is 13.5. The van der Waals surface area contributed by atoms with E-state index in [0.29, 0.717) is 17.6 Å². The van der Waals surface area contributed by atoms with Crippen LogP contribution < -0.4 is 5.32 Å². The number of anilines is 1. The predicted octanol–water partition coefficient (Wildman–Crippen LogP) is 5.89. The Hall–Kier alpha value is -2.62. The van der Waals surface area contributed by atoms with Crippen LogP contribution in [0.2, 0.25) is 0 Å². The fraction of sp³-hybridized carbons (Fsp3) is 0.176. The van der Waals surface area contributed by atoms with Crippen molar-refractivity contribution in [1.29, 1.82) is 0 Å². The molecule has 3 rings (SSSR count). The van der Waals surface area contributed by atoms with E-state index in [2.05, 4.69) is 10.3 Å². The molecule has 0 aliphatic rings. The molecule has 1 amide bonds. The largest absolute Gasteiger partial charge is 0.416 e. The van der Waals surface area contributed by atoms with E-state index >= 15 is 0 Å². The summed E-state index contributed by atoms with van der Waals surface area (Å²) < 4.78 is 78.1. The second-order valence-corrected chi connectivity index (χ2v) is 6.77. The standard InChI is InChI=1S/C17H10F6N2OS/c1-8-2-3-12-13(4-8)27-15(24-12)25-14(26)9-5-10(16(18,19)20)7-11(6-9)17(21,22)23/h2-7H,1H3,(H,24,25,26). The van der Waals surface area contributed by atoms with Crippen LogP contribution in [0.3, 0.4) is 0 Å². The van der Waals surface area contributed by atoms with Crippen molar-refractivity contribution in [3.05, 3.63) is 58.7 Å². The van der Waals surface area contributed by atoms with Crippen molar-refractivity contribution in [2.45, 2.75) is 19.3 Å². The number of alkyl halides is 6. The third-order valence-corrected chi connectivity index (χ3v) is 4.55. The van der Waals surface area contributed by atoms with Gasteiger partial charge in [0.15, 0.2) is 5.13 Å². The highest BCUT2D eigenvalue weighted by atomic mass is 32.1. The topological polar surface area (TPSA) is 42.0 Å². The molecule has 0 fully saturated rings. The third kappa shape index (κ3) is 4.21. The normalized spacial score (nSPS) is 12.4. The maximum absolute atomic E-state index is 12.9. The number of aryl methyl sites for hydroxylation is 1. The summed E-state index contributed by atoms with van der Waals surface area (Å²) in [5.41, 5.74) is -2.37. The summed E-state index contributed by atoms with van der Waals surface area (Å²) in [5.74, 6) is -1.11. The number of amides is 1. The molecule has 1 heterocycles. The molecule has 3 nitrogen and oxygen atoms in total. The number of carbonyl (C=O) groups excluding carboxylic acids is 1. The molecule has 0 saturated carbocycles. The quantitative estimate of drug-likeness (QED) is 0.541. The molecule has 0 aliphatic heterocycles. The minimum Gasteiger partial charge on any atom is -0.298 e. The number of aromatic nitrogens is 1. The molecule has 27 heavy (non-hydrogen) atoms. The van der Waals surface area contributed by atoms with Gasteiger partial charge < -0.3 is 0 Å². The van der Waals surface area contributed by atoms with Crippen LogP contribution in [0, 0.1) is 6.92 Å². The molecule has 0 unspecified atom stereocenters. The first-order valence-corrected chi connectivity index (χ1v) is 8.23. The molecule has 10 heteroatoms. The second-order valence-electron chi connectivity index (χ2n) is 5.74. The van der Waals surface area contributed by atoms with Crippen molar-refractivity contribution in [2.75, 3.05) is 5.32 Å². The number of nitrogens with zero attached hydrogens (tertiary/aromatic N) is 1. The zero-order valence-corrected chi connectivity index (χ0v) is 14.3. The van der Waals surface area contributed by atoms with Crippen molar-refractivity contribution in [3.8, 4) is 0 Å². The summed E-state index contributed by atoms with van der Waals surface area (Å²) in [7, 11) is 0. The van der Waals surface area contributed by atoms with Gasteiger partial charge in [0.25, 0.3) is 5.91 Å². The summed E-state index contributed by atoms with van der Waals surface area (Å²) in [4.78, 5) is 16.3. The number of hydrogen-bond donors (Lipinski definition) is 1. The average molecular weight is 404 g/mol. The van der Waals surface area contributed by atoms with E-state index in [1.54, 1.807) is 18.2 Å². The number of fused-ring (bicyclic) bond motifs is 1. The smallest absolute Gasteiger partial charge is 0.298 e. The summed E-state index contributed by atoms with van der Waals surface area (Å²) in [5, 5.41) is 2.33. The van der Waals surface area contributed by atoms with Crippen LogP contribution in [0.25, 0.3) is 10.2 Å². The Morgan fingerprint density at radius 1 is 0.963 bits per heavy atom. The lowest BCUT2D eigenvalue weighted by Gasteiger charge is -2.13. The first-order valence-electron chi connectivity index (χ1n) is 7.41. The molecule has 1 N–H and O–H groups in total. The van der Waals surface area contributed by atoms with E-state index < -0.39 is 35.0 Å². The third-order valence-electron chi connectivity index (χ3n) is 3.61. The van der Waals surface area contributed by atoms with Gasteiger partial charge in [0.1, 0.15) is 0 Å². The van der Waals surface area contributed by atoms with Crippen molar-refractivity contribution >= 4 is 32.6 Å². The molecule has 0 aliphatic carbocycles. The van der Waals surface area contributed by atoms with Crippen LogP contribution in [0.4, 0.5) is 31.5 Å². The van der Waals surface area contributed by atoms with Crippen molar-refractivity contribution in [1.82, 2.24) is 4.98 Å². The highest BCUT2D eigenvalue weighted by Crippen LogP contribution is 2.36. The van der Waals surface area contributed by atoms with Crippen LogP contribution in [0.15, 0.2) is 36.4 Å². The highest BCUT2D eigenvalue weighted by Gasteiger charge is 2.37. The Labute approximate surface area is 152 Å². The number of benzene rings is 2. The molecule has 0 atom stereocenters. The molecule has 3 aromatic rings. The van der Waals surface area contributed by atoms with Gasteiger partial charge in [-0.05, 0) is 42.8 Å². The Morgan fingerprint density at radius 2 is 1.56 bits per heavy atom. The number of hydrogen-bond acceptors (Lipinski definition) is 3. The number of nitrogens with one attached hydrogen (secondary N) is 1. The lowest BCUT2D eigenvalue weighted by atomic mass is 10.0. The second kappa shape index (κ2) is 6.52. The van der Waals surface area contributed by atoms with Gasteiger partial charge in [-0.25, -0.2) is 4.98 Å². The highest BCUT2D eigenvalue weighted by molar-refractivity contribution is 7.22. The number of thiazole rings is 1. The van der Waals surface area contributed by atoms with Gasteiger partial charge in [-0.15, -0.1) is 0 Å². The number of rotatable bonds is 2. The minimum absolute atomic E-state index is 0.0305. The Morgan fingerprint density at radius 3 is 2.11 bits per heavy atom. The van der Waals surface area contributed by atoms with Gasteiger partial charge in [0.05, 0.1) is 21.3 Å². The predicted molar refractivity (Wildman–Crippen MR) is 88.8 cm³/mol. The molecule has 0 saturated heterocycles. The maximum Gasteiger partial charge on any atom is 0.416 e. The van der Waals surface area contributed by atoms with Crippen LogP contribution in [-0.4, -0.2) is 10.9 Å². The summed E-state index contributed by atoms with van der Waals surface area (Å²) >= 11 is 1.07. The van der Waals surface area contributed by atoms with E-state index in [-0.39, 0.29) is 11.2 Å². The summed E-state index contributed by atoms with van der Waals surface area (Å²) in [6.07, 6.45) is -10.0. The van der Waals surface area contributed by atoms with Gasteiger partial charge >= 0.3 is 12.4 Å².